The number of hydrogen-bond donors (Lipinski definition) is 0. The molecular formula is C55H106O6. The summed E-state index contributed by atoms with van der Waals surface area (Å²) in [7, 11) is 0. The van der Waals surface area contributed by atoms with Crippen LogP contribution in [0.4, 0.5) is 0 Å². The van der Waals surface area contributed by atoms with Gasteiger partial charge in [0.15, 0.2) is 6.10 Å². The Bertz CT molecular complexity index is 918. The van der Waals surface area contributed by atoms with Gasteiger partial charge < -0.3 is 14.2 Å². The SMILES string of the molecule is CCCCCCCCCCCCCCCCCCCCCC(=O)O[C@@H](COC(=O)CCCCCCCCCCCCCC)COC(=O)CCCCCCCCCCCC(C)C. The largest absolute Gasteiger partial charge is 0.462 e. The molecule has 0 saturated carbocycles. The number of carbonyl (C=O) groups excluding carboxylic acids is 3. The van der Waals surface area contributed by atoms with Gasteiger partial charge in [0.1, 0.15) is 13.2 Å². The summed E-state index contributed by atoms with van der Waals surface area (Å²) in [5.74, 6) is -0.0337. The summed E-state index contributed by atoms with van der Waals surface area (Å²) >= 11 is 0. The second-order valence-electron chi connectivity index (χ2n) is 19.3. The van der Waals surface area contributed by atoms with E-state index < -0.39 is 6.10 Å². The van der Waals surface area contributed by atoms with E-state index in [4.69, 9.17) is 14.2 Å². The Morgan fingerprint density at radius 2 is 0.541 bits per heavy atom. The van der Waals surface area contributed by atoms with Gasteiger partial charge in [-0.15, -0.1) is 0 Å². The van der Waals surface area contributed by atoms with Gasteiger partial charge in [0.05, 0.1) is 0 Å². The Balaban J connectivity index is 4.26. The Kier molecular flexibility index (Phi) is 48.1. The van der Waals surface area contributed by atoms with Gasteiger partial charge >= 0.3 is 17.9 Å². The lowest BCUT2D eigenvalue weighted by Gasteiger charge is -2.18. The maximum Gasteiger partial charge on any atom is 0.306 e. The van der Waals surface area contributed by atoms with Crippen LogP contribution in [0.25, 0.3) is 0 Å². The molecular weight excluding hydrogens is 757 g/mol. The van der Waals surface area contributed by atoms with Crippen LogP contribution in [-0.2, 0) is 28.6 Å². The van der Waals surface area contributed by atoms with E-state index in [0.717, 1.165) is 63.7 Å². The normalized spacial score (nSPS) is 12.0. The second kappa shape index (κ2) is 49.4. The van der Waals surface area contributed by atoms with Crippen molar-refractivity contribution in [2.75, 3.05) is 13.2 Å². The van der Waals surface area contributed by atoms with Crippen LogP contribution in [-0.4, -0.2) is 37.2 Å². The topological polar surface area (TPSA) is 78.9 Å². The molecule has 0 aromatic heterocycles. The highest BCUT2D eigenvalue weighted by Gasteiger charge is 2.19. The summed E-state index contributed by atoms with van der Waals surface area (Å²) in [5, 5.41) is 0. The number of esters is 3. The second-order valence-corrected chi connectivity index (χ2v) is 19.3. The van der Waals surface area contributed by atoms with Crippen LogP contribution in [0.15, 0.2) is 0 Å². The lowest BCUT2D eigenvalue weighted by atomic mass is 10.0. The first-order valence-corrected chi connectivity index (χ1v) is 27.4. The minimum absolute atomic E-state index is 0.0627. The van der Waals surface area contributed by atoms with Gasteiger partial charge in [-0.05, 0) is 25.2 Å². The zero-order chi connectivity index (χ0) is 44.5. The Morgan fingerprint density at radius 1 is 0.311 bits per heavy atom. The van der Waals surface area contributed by atoms with Crippen LogP contribution in [0.1, 0.15) is 310 Å². The van der Waals surface area contributed by atoms with Gasteiger partial charge in [-0.3, -0.25) is 14.4 Å². The first kappa shape index (κ1) is 59.4. The van der Waals surface area contributed by atoms with Gasteiger partial charge in [-0.1, -0.05) is 272 Å². The molecule has 362 valence electrons. The number of hydrogen-bond acceptors (Lipinski definition) is 6. The summed E-state index contributed by atoms with van der Waals surface area (Å²) in [6.45, 7) is 9.02. The number of unbranched alkanes of at least 4 members (excludes halogenated alkanes) is 37. The van der Waals surface area contributed by atoms with Crippen LogP contribution in [0, 0.1) is 5.92 Å². The molecule has 6 heteroatoms. The van der Waals surface area contributed by atoms with Gasteiger partial charge in [0.2, 0.25) is 0 Å². The van der Waals surface area contributed by atoms with Crippen LogP contribution >= 0.6 is 0 Å². The molecule has 0 saturated heterocycles. The van der Waals surface area contributed by atoms with Gasteiger partial charge in [0, 0.05) is 19.3 Å². The molecule has 0 radical (unpaired) electrons. The van der Waals surface area contributed by atoms with Crippen LogP contribution in [0.3, 0.4) is 0 Å². The van der Waals surface area contributed by atoms with E-state index >= 15 is 0 Å². The number of ether oxygens (including phenoxy) is 3. The first-order valence-electron chi connectivity index (χ1n) is 27.4. The van der Waals surface area contributed by atoms with Crippen LogP contribution < -0.4 is 0 Å². The lowest BCUT2D eigenvalue weighted by Crippen LogP contribution is -2.30. The minimum atomic E-state index is -0.761. The fraction of sp³-hybridized carbons (Fsp3) is 0.945. The fourth-order valence-corrected chi connectivity index (χ4v) is 8.39. The molecule has 0 N–H and O–H groups in total. The zero-order valence-corrected chi connectivity index (χ0v) is 41.6. The van der Waals surface area contributed by atoms with Crippen molar-refractivity contribution in [1.29, 1.82) is 0 Å². The van der Waals surface area contributed by atoms with Crippen molar-refractivity contribution >= 4 is 17.9 Å². The summed E-state index contributed by atoms with van der Waals surface area (Å²) in [6, 6.07) is 0. The fourth-order valence-electron chi connectivity index (χ4n) is 8.39. The van der Waals surface area contributed by atoms with Crippen molar-refractivity contribution in [2.24, 2.45) is 5.92 Å². The Hall–Kier alpha value is -1.59. The van der Waals surface area contributed by atoms with Gasteiger partial charge in [-0.25, -0.2) is 0 Å². The third kappa shape index (κ3) is 49.3. The van der Waals surface area contributed by atoms with E-state index in [1.807, 2.05) is 0 Å². The monoisotopic (exact) mass is 863 g/mol. The van der Waals surface area contributed by atoms with Crippen molar-refractivity contribution in [2.45, 2.75) is 316 Å². The van der Waals surface area contributed by atoms with E-state index in [-0.39, 0.29) is 31.1 Å². The third-order valence-corrected chi connectivity index (χ3v) is 12.5. The maximum absolute atomic E-state index is 12.8. The molecule has 0 spiro atoms. The first-order chi connectivity index (χ1) is 29.9. The van der Waals surface area contributed by atoms with Gasteiger partial charge in [-0.2, -0.15) is 0 Å². The van der Waals surface area contributed by atoms with E-state index in [1.54, 1.807) is 0 Å². The van der Waals surface area contributed by atoms with E-state index in [2.05, 4.69) is 27.7 Å². The average Bonchev–Trinajstić information content (AvgIpc) is 3.24. The standard InChI is InChI=1S/C55H106O6/c1-5-7-9-11-13-15-17-19-20-21-22-23-24-25-27-31-36-40-44-48-55(58)61-52(49-59-53(56)46-42-38-34-30-26-18-16-14-12-10-8-6-2)50-60-54(57)47-43-39-35-32-28-29-33-37-41-45-51(3)4/h51-52H,5-50H2,1-4H3/t52-/m0/s1. The molecule has 0 amide bonds. The average molecular weight is 863 g/mol. The molecule has 0 heterocycles. The van der Waals surface area contributed by atoms with Crippen molar-refractivity contribution in [3.05, 3.63) is 0 Å². The maximum atomic E-state index is 12.8. The zero-order valence-electron chi connectivity index (χ0n) is 41.6. The Labute approximate surface area is 380 Å². The molecule has 0 fully saturated rings. The van der Waals surface area contributed by atoms with Crippen molar-refractivity contribution in [1.82, 2.24) is 0 Å². The van der Waals surface area contributed by atoms with E-state index in [1.165, 1.54) is 205 Å². The summed E-state index contributed by atoms with van der Waals surface area (Å²) in [6.07, 6.45) is 52.4. The molecule has 0 unspecified atom stereocenters. The highest BCUT2D eigenvalue weighted by atomic mass is 16.6. The minimum Gasteiger partial charge on any atom is -0.462 e. The molecule has 0 aliphatic carbocycles. The Morgan fingerprint density at radius 3 is 0.803 bits per heavy atom. The van der Waals surface area contributed by atoms with E-state index in [0.29, 0.717) is 19.3 Å². The van der Waals surface area contributed by atoms with Crippen molar-refractivity contribution in [3.8, 4) is 0 Å². The smallest absolute Gasteiger partial charge is 0.306 e. The van der Waals surface area contributed by atoms with Gasteiger partial charge in [0.25, 0.3) is 0 Å². The summed E-state index contributed by atoms with van der Waals surface area (Å²) in [5.41, 5.74) is 0. The highest BCUT2D eigenvalue weighted by Crippen LogP contribution is 2.17. The predicted octanol–water partition coefficient (Wildman–Crippen LogP) is 17.8. The predicted molar refractivity (Wildman–Crippen MR) is 261 cm³/mol. The molecule has 1 atom stereocenters. The molecule has 0 aliphatic rings. The highest BCUT2D eigenvalue weighted by molar-refractivity contribution is 5.71. The van der Waals surface area contributed by atoms with Crippen molar-refractivity contribution in [3.63, 3.8) is 0 Å². The molecule has 0 aliphatic heterocycles. The molecule has 0 bridgehead atoms. The molecule has 0 aromatic carbocycles. The molecule has 0 rings (SSSR count). The summed E-state index contributed by atoms with van der Waals surface area (Å²) < 4.78 is 16.8. The molecule has 61 heavy (non-hydrogen) atoms. The van der Waals surface area contributed by atoms with Crippen molar-refractivity contribution < 1.29 is 28.6 Å². The lowest BCUT2D eigenvalue weighted by molar-refractivity contribution is -0.167. The van der Waals surface area contributed by atoms with Crippen LogP contribution in [0.2, 0.25) is 0 Å². The van der Waals surface area contributed by atoms with E-state index in [9.17, 15) is 14.4 Å². The molecule has 0 aromatic rings. The van der Waals surface area contributed by atoms with Crippen LogP contribution in [0.5, 0.6) is 0 Å². The number of carbonyl (C=O) groups is 3. The number of rotatable bonds is 50. The molecule has 6 nitrogen and oxygen atoms in total. The third-order valence-electron chi connectivity index (χ3n) is 12.5. The summed E-state index contributed by atoms with van der Waals surface area (Å²) in [4.78, 5) is 38.0. The quantitative estimate of drug-likeness (QED) is 0.0344.